The van der Waals surface area contributed by atoms with Gasteiger partial charge >= 0.3 is 5.97 Å². The van der Waals surface area contributed by atoms with Crippen LogP contribution in [0.1, 0.15) is 56.6 Å². The number of phenols is 1. The quantitative estimate of drug-likeness (QED) is 0.624. The summed E-state index contributed by atoms with van der Waals surface area (Å²) in [4.78, 5) is 26.6. The number of Topliss-reactive ketones (excluding diaryl/α,β-unsaturated/α-hetero) is 1. The van der Waals surface area contributed by atoms with Gasteiger partial charge in [0, 0.05) is 29.3 Å². The average Bonchev–Trinajstić information content (AvgIpc) is 2.80. The monoisotopic (exact) mass is 447 g/mol. The van der Waals surface area contributed by atoms with Crippen LogP contribution >= 0.6 is 0 Å². The topological polar surface area (TPSA) is 84.9 Å². The lowest BCUT2D eigenvalue weighted by molar-refractivity contribution is -0.138. The Morgan fingerprint density at radius 2 is 1.82 bits per heavy atom. The van der Waals surface area contributed by atoms with Gasteiger partial charge in [0.05, 0.1) is 18.8 Å². The number of carbonyl (C=O) groups is 2. The van der Waals surface area contributed by atoms with Gasteiger partial charge in [-0.05, 0) is 56.4 Å². The Morgan fingerprint density at radius 1 is 1.06 bits per heavy atom. The fraction of sp³-hybridized carbons (Fsp3) is 0.333. The van der Waals surface area contributed by atoms with E-state index >= 15 is 0 Å². The summed E-state index contributed by atoms with van der Waals surface area (Å²) < 4.78 is 10.9. The zero-order valence-corrected chi connectivity index (χ0v) is 19.2. The molecule has 1 aliphatic carbocycles. The molecule has 2 aromatic rings. The summed E-state index contributed by atoms with van der Waals surface area (Å²) in [5, 5.41) is 13.5. The van der Waals surface area contributed by atoms with E-state index in [-0.39, 0.29) is 24.1 Å². The maximum atomic E-state index is 13.6. The number of benzene rings is 2. The van der Waals surface area contributed by atoms with E-state index in [0.717, 1.165) is 11.3 Å². The van der Waals surface area contributed by atoms with Crippen molar-refractivity contribution in [2.75, 3.05) is 13.2 Å². The molecule has 4 rings (SSSR count). The zero-order valence-electron chi connectivity index (χ0n) is 19.2. The van der Waals surface area contributed by atoms with Crippen LogP contribution in [0.25, 0.3) is 0 Å². The highest BCUT2D eigenvalue weighted by Gasteiger charge is 2.41. The lowest BCUT2D eigenvalue weighted by Gasteiger charge is -2.36. The van der Waals surface area contributed by atoms with E-state index < -0.39 is 11.9 Å². The number of rotatable bonds is 6. The molecule has 1 heterocycles. The predicted octanol–water partition coefficient (Wildman–Crippen LogP) is 4.72. The fourth-order valence-corrected chi connectivity index (χ4v) is 4.79. The molecule has 0 saturated carbocycles. The van der Waals surface area contributed by atoms with Crippen molar-refractivity contribution < 1.29 is 24.2 Å². The molecule has 2 aliphatic rings. The SMILES string of the molecule is CCOC(=O)C1=C(C)NC2=C(C(=O)C[C@@H](c3ccccc3)C2)[C@@H]1c1ccc(O)c(OCC)c1. The van der Waals surface area contributed by atoms with E-state index in [1.54, 1.807) is 25.1 Å². The minimum absolute atomic E-state index is 0.00272. The number of ether oxygens (including phenoxy) is 2. The summed E-state index contributed by atoms with van der Waals surface area (Å²) in [6.07, 6.45) is 1.04. The summed E-state index contributed by atoms with van der Waals surface area (Å²) >= 11 is 0. The molecule has 0 fully saturated rings. The van der Waals surface area contributed by atoms with Gasteiger partial charge in [-0.25, -0.2) is 4.79 Å². The number of dihydropyridines is 1. The number of nitrogens with one attached hydrogen (secondary N) is 1. The van der Waals surface area contributed by atoms with Crippen molar-refractivity contribution in [3.63, 3.8) is 0 Å². The van der Waals surface area contributed by atoms with Crippen LogP contribution in [0.4, 0.5) is 0 Å². The molecule has 1 aliphatic heterocycles. The highest BCUT2D eigenvalue weighted by Crippen LogP contribution is 2.46. The molecular formula is C27H29NO5. The zero-order chi connectivity index (χ0) is 23.5. The third-order valence-corrected chi connectivity index (χ3v) is 6.21. The second-order valence-corrected chi connectivity index (χ2v) is 8.31. The van der Waals surface area contributed by atoms with Gasteiger partial charge in [-0.1, -0.05) is 36.4 Å². The van der Waals surface area contributed by atoms with E-state index in [9.17, 15) is 14.7 Å². The summed E-state index contributed by atoms with van der Waals surface area (Å²) in [5.41, 5.74) is 4.33. The fourth-order valence-electron chi connectivity index (χ4n) is 4.79. The summed E-state index contributed by atoms with van der Waals surface area (Å²) in [7, 11) is 0. The predicted molar refractivity (Wildman–Crippen MR) is 125 cm³/mol. The van der Waals surface area contributed by atoms with Crippen molar-refractivity contribution in [1.29, 1.82) is 0 Å². The molecule has 2 atom stereocenters. The molecule has 0 spiro atoms. The van der Waals surface area contributed by atoms with Gasteiger partial charge in [0.2, 0.25) is 0 Å². The third-order valence-electron chi connectivity index (χ3n) is 6.21. The number of hydrogen-bond acceptors (Lipinski definition) is 6. The molecular weight excluding hydrogens is 418 g/mol. The number of hydrogen-bond donors (Lipinski definition) is 2. The second kappa shape index (κ2) is 9.53. The molecule has 2 N–H and O–H groups in total. The lowest BCUT2D eigenvalue weighted by Crippen LogP contribution is -2.36. The van der Waals surface area contributed by atoms with Gasteiger partial charge in [0.25, 0.3) is 0 Å². The van der Waals surface area contributed by atoms with E-state index in [4.69, 9.17) is 9.47 Å². The Morgan fingerprint density at radius 3 is 2.52 bits per heavy atom. The summed E-state index contributed by atoms with van der Waals surface area (Å²) in [5.74, 6) is -0.639. The van der Waals surface area contributed by atoms with Gasteiger partial charge in [-0.15, -0.1) is 0 Å². The van der Waals surface area contributed by atoms with Crippen LogP contribution in [0.3, 0.4) is 0 Å². The Kier molecular flexibility index (Phi) is 6.54. The van der Waals surface area contributed by atoms with Crippen molar-refractivity contribution >= 4 is 11.8 Å². The van der Waals surface area contributed by atoms with Crippen LogP contribution in [0.5, 0.6) is 11.5 Å². The number of phenolic OH excluding ortho intramolecular Hbond substituents is 1. The smallest absolute Gasteiger partial charge is 0.336 e. The van der Waals surface area contributed by atoms with Crippen LogP contribution in [0, 0.1) is 0 Å². The maximum absolute atomic E-state index is 13.6. The van der Waals surface area contributed by atoms with Crippen LogP contribution in [-0.4, -0.2) is 30.1 Å². The molecule has 6 heteroatoms. The van der Waals surface area contributed by atoms with E-state index in [2.05, 4.69) is 5.32 Å². The highest BCUT2D eigenvalue weighted by atomic mass is 16.5. The Labute approximate surface area is 193 Å². The van der Waals surface area contributed by atoms with Crippen LogP contribution in [0.2, 0.25) is 0 Å². The van der Waals surface area contributed by atoms with Crippen LogP contribution < -0.4 is 10.1 Å². The van der Waals surface area contributed by atoms with Gasteiger partial charge < -0.3 is 19.9 Å². The maximum Gasteiger partial charge on any atom is 0.336 e. The number of allylic oxidation sites excluding steroid dienone is 3. The summed E-state index contributed by atoms with van der Waals surface area (Å²) in [6.45, 7) is 6.05. The van der Waals surface area contributed by atoms with Crippen LogP contribution in [0.15, 0.2) is 71.1 Å². The number of ketones is 1. The molecule has 0 saturated heterocycles. The van der Waals surface area contributed by atoms with Crippen molar-refractivity contribution in [2.45, 2.75) is 45.4 Å². The molecule has 0 unspecified atom stereocenters. The van der Waals surface area contributed by atoms with E-state index in [1.165, 1.54) is 0 Å². The minimum Gasteiger partial charge on any atom is -0.504 e. The number of esters is 1. The lowest BCUT2D eigenvalue weighted by atomic mass is 9.71. The first-order valence-corrected chi connectivity index (χ1v) is 11.4. The molecule has 0 amide bonds. The van der Waals surface area contributed by atoms with Gasteiger partial charge in [-0.3, -0.25) is 4.79 Å². The first kappa shape index (κ1) is 22.6. The standard InChI is InChI=1S/C27H29NO5/c1-4-32-23-15-18(11-12-21(23)29)25-24(27(31)33-5-2)16(3)28-20-13-19(14-22(30)26(20)25)17-9-7-6-8-10-17/h6-12,15,19,25,28-29H,4-5,13-14H2,1-3H3/t19-,25+/m0/s1. The van der Waals surface area contributed by atoms with Crippen LogP contribution in [-0.2, 0) is 14.3 Å². The first-order chi connectivity index (χ1) is 15.9. The van der Waals surface area contributed by atoms with Gasteiger partial charge in [0.15, 0.2) is 17.3 Å². The third kappa shape index (κ3) is 4.38. The number of aromatic hydroxyl groups is 1. The molecule has 0 radical (unpaired) electrons. The molecule has 2 aromatic carbocycles. The molecule has 172 valence electrons. The van der Waals surface area contributed by atoms with Gasteiger partial charge in [-0.2, -0.15) is 0 Å². The Hall–Kier alpha value is -3.54. The van der Waals surface area contributed by atoms with Crippen molar-refractivity contribution in [2.24, 2.45) is 0 Å². The second-order valence-electron chi connectivity index (χ2n) is 8.31. The van der Waals surface area contributed by atoms with Crippen molar-refractivity contribution in [3.05, 3.63) is 82.2 Å². The highest BCUT2D eigenvalue weighted by molar-refractivity contribution is 6.04. The average molecular weight is 448 g/mol. The van der Waals surface area contributed by atoms with E-state index in [0.29, 0.717) is 47.6 Å². The molecule has 6 nitrogen and oxygen atoms in total. The molecule has 0 bridgehead atoms. The Bertz CT molecular complexity index is 1130. The normalized spacial score (nSPS) is 20.3. The molecule has 33 heavy (non-hydrogen) atoms. The van der Waals surface area contributed by atoms with Gasteiger partial charge in [0.1, 0.15) is 0 Å². The number of carbonyl (C=O) groups excluding carboxylic acids is 2. The first-order valence-electron chi connectivity index (χ1n) is 11.4. The summed E-state index contributed by atoms with van der Waals surface area (Å²) in [6, 6.07) is 15.0. The van der Waals surface area contributed by atoms with E-state index in [1.807, 2.05) is 44.2 Å². The Balaban J connectivity index is 1.82. The van der Waals surface area contributed by atoms with Crippen molar-refractivity contribution in [3.8, 4) is 11.5 Å². The largest absolute Gasteiger partial charge is 0.504 e. The van der Waals surface area contributed by atoms with Crippen molar-refractivity contribution in [1.82, 2.24) is 5.32 Å². The minimum atomic E-state index is -0.593. The molecule has 0 aromatic heterocycles.